The summed E-state index contributed by atoms with van der Waals surface area (Å²) in [5.41, 5.74) is 0. The molecule has 1 aromatic heterocycles. The Morgan fingerprint density at radius 1 is 1.39 bits per heavy atom. The molecular weight excluding hydrogens is 242 g/mol. The van der Waals surface area contributed by atoms with Crippen LogP contribution in [0.2, 0.25) is 25.7 Å². The largest absolute Gasteiger partial charge is 0.361 e. The number of ether oxygens (including phenoxy) is 1. The zero-order valence-electron chi connectivity index (χ0n) is 12.4. The van der Waals surface area contributed by atoms with Gasteiger partial charge in [0.1, 0.15) is 12.6 Å². The monoisotopic (exact) mass is 269 g/mol. The van der Waals surface area contributed by atoms with Crippen LogP contribution in [0.15, 0.2) is 12.4 Å². The molecule has 0 aliphatic carbocycles. The molecule has 0 saturated heterocycles. The minimum absolute atomic E-state index is 0.475. The fraction of sp³-hybridized carbons (Fsp3) is 0.769. The van der Waals surface area contributed by atoms with Crippen molar-refractivity contribution in [1.29, 1.82) is 0 Å². The maximum Gasteiger partial charge on any atom is 0.124 e. The van der Waals surface area contributed by atoms with E-state index in [-0.39, 0.29) is 0 Å². The van der Waals surface area contributed by atoms with Crippen molar-refractivity contribution in [2.75, 3.05) is 6.61 Å². The molecule has 18 heavy (non-hydrogen) atoms. The van der Waals surface area contributed by atoms with Crippen molar-refractivity contribution in [2.24, 2.45) is 0 Å². The summed E-state index contributed by atoms with van der Waals surface area (Å²) in [6.07, 6.45) is 3.81. The van der Waals surface area contributed by atoms with Crippen LogP contribution in [-0.2, 0) is 18.0 Å². The summed E-state index contributed by atoms with van der Waals surface area (Å²) in [5, 5.41) is 3.37. The third kappa shape index (κ3) is 6.33. The van der Waals surface area contributed by atoms with Gasteiger partial charge < -0.3 is 14.6 Å². The van der Waals surface area contributed by atoms with Crippen molar-refractivity contribution in [3.8, 4) is 0 Å². The SMILES string of the molecule is CC(C)NCc1nccn1COCC[Si](C)(C)C. The summed E-state index contributed by atoms with van der Waals surface area (Å²) < 4.78 is 7.80. The summed E-state index contributed by atoms with van der Waals surface area (Å²) in [4.78, 5) is 4.34. The average molecular weight is 269 g/mol. The molecule has 0 aliphatic heterocycles. The molecular formula is C13H27N3OSi. The van der Waals surface area contributed by atoms with Gasteiger partial charge in [-0.3, -0.25) is 0 Å². The molecule has 0 atom stereocenters. The number of aromatic nitrogens is 2. The highest BCUT2D eigenvalue weighted by Gasteiger charge is 2.12. The van der Waals surface area contributed by atoms with Gasteiger partial charge in [0.05, 0.1) is 6.54 Å². The third-order valence-corrected chi connectivity index (χ3v) is 4.40. The number of imidazole rings is 1. The van der Waals surface area contributed by atoms with Gasteiger partial charge in [-0.2, -0.15) is 0 Å². The molecule has 1 heterocycles. The Bertz CT molecular complexity index is 344. The Labute approximate surface area is 112 Å². The van der Waals surface area contributed by atoms with Crippen molar-refractivity contribution in [3.05, 3.63) is 18.2 Å². The summed E-state index contributed by atoms with van der Waals surface area (Å²) in [7, 11) is -0.985. The van der Waals surface area contributed by atoms with Crippen LogP contribution in [0.3, 0.4) is 0 Å². The van der Waals surface area contributed by atoms with Gasteiger partial charge in [0.15, 0.2) is 0 Å². The maximum atomic E-state index is 5.73. The van der Waals surface area contributed by atoms with Gasteiger partial charge in [0.2, 0.25) is 0 Å². The summed E-state index contributed by atoms with van der Waals surface area (Å²) in [5.74, 6) is 1.04. The molecule has 1 rings (SSSR count). The minimum Gasteiger partial charge on any atom is -0.361 e. The van der Waals surface area contributed by atoms with E-state index in [1.54, 1.807) is 0 Å². The van der Waals surface area contributed by atoms with E-state index >= 15 is 0 Å². The number of hydrogen-bond donors (Lipinski definition) is 1. The van der Waals surface area contributed by atoms with Crippen LogP contribution in [0.5, 0.6) is 0 Å². The lowest BCUT2D eigenvalue weighted by Crippen LogP contribution is -2.25. The summed E-state index contributed by atoms with van der Waals surface area (Å²) >= 11 is 0. The number of rotatable bonds is 8. The van der Waals surface area contributed by atoms with Crippen molar-refractivity contribution < 1.29 is 4.74 Å². The maximum absolute atomic E-state index is 5.73. The Hall–Kier alpha value is -0.653. The van der Waals surface area contributed by atoms with Gasteiger partial charge in [-0.15, -0.1) is 0 Å². The quantitative estimate of drug-likeness (QED) is 0.582. The predicted octanol–water partition coefficient (Wildman–Crippen LogP) is 2.69. The second-order valence-electron chi connectivity index (χ2n) is 6.20. The molecule has 0 aromatic carbocycles. The first kappa shape index (κ1) is 15.4. The smallest absolute Gasteiger partial charge is 0.124 e. The predicted molar refractivity (Wildman–Crippen MR) is 78.3 cm³/mol. The Kier molecular flexibility index (Phi) is 6.04. The van der Waals surface area contributed by atoms with Crippen LogP contribution in [0.25, 0.3) is 0 Å². The van der Waals surface area contributed by atoms with Crippen molar-refractivity contribution >= 4 is 8.07 Å². The van der Waals surface area contributed by atoms with Crippen LogP contribution in [0.1, 0.15) is 19.7 Å². The van der Waals surface area contributed by atoms with E-state index in [0.717, 1.165) is 19.0 Å². The highest BCUT2D eigenvalue weighted by atomic mass is 28.3. The van der Waals surface area contributed by atoms with E-state index in [0.29, 0.717) is 12.8 Å². The Morgan fingerprint density at radius 3 is 2.72 bits per heavy atom. The van der Waals surface area contributed by atoms with E-state index in [4.69, 9.17) is 4.74 Å². The van der Waals surface area contributed by atoms with Crippen LogP contribution in [0, 0.1) is 0 Å². The minimum atomic E-state index is -0.985. The first-order valence-corrected chi connectivity index (χ1v) is 10.4. The normalized spacial score (nSPS) is 12.3. The molecule has 1 N–H and O–H groups in total. The van der Waals surface area contributed by atoms with E-state index < -0.39 is 8.07 Å². The first-order valence-electron chi connectivity index (χ1n) is 6.69. The molecule has 0 aliphatic rings. The standard InChI is InChI=1S/C13H27N3OSi/c1-12(2)15-10-13-14-6-7-16(13)11-17-8-9-18(3,4)5/h6-7,12,15H,8-11H2,1-5H3. The third-order valence-electron chi connectivity index (χ3n) is 2.70. The van der Waals surface area contributed by atoms with E-state index in [1.807, 2.05) is 12.4 Å². The van der Waals surface area contributed by atoms with Crippen LogP contribution in [-0.4, -0.2) is 30.3 Å². The fourth-order valence-corrected chi connectivity index (χ4v) is 2.22. The lowest BCUT2D eigenvalue weighted by molar-refractivity contribution is 0.0848. The Balaban J connectivity index is 2.32. The zero-order valence-corrected chi connectivity index (χ0v) is 13.4. The number of nitrogens with one attached hydrogen (secondary N) is 1. The topological polar surface area (TPSA) is 39.1 Å². The van der Waals surface area contributed by atoms with Gasteiger partial charge in [-0.1, -0.05) is 33.5 Å². The van der Waals surface area contributed by atoms with E-state index in [9.17, 15) is 0 Å². The molecule has 0 unspecified atom stereocenters. The highest BCUT2D eigenvalue weighted by molar-refractivity contribution is 6.76. The number of hydrogen-bond acceptors (Lipinski definition) is 3. The molecule has 0 bridgehead atoms. The van der Waals surface area contributed by atoms with Gasteiger partial charge in [0.25, 0.3) is 0 Å². The number of nitrogens with zero attached hydrogens (tertiary/aromatic N) is 2. The van der Waals surface area contributed by atoms with E-state index in [1.165, 1.54) is 6.04 Å². The lowest BCUT2D eigenvalue weighted by atomic mass is 10.4. The van der Waals surface area contributed by atoms with E-state index in [2.05, 4.69) is 48.4 Å². The van der Waals surface area contributed by atoms with Gasteiger partial charge >= 0.3 is 0 Å². The zero-order chi connectivity index (χ0) is 13.6. The molecule has 0 saturated carbocycles. The second kappa shape index (κ2) is 7.06. The van der Waals surface area contributed by atoms with Gasteiger partial charge in [-0.25, -0.2) is 4.98 Å². The van der Waals surface area contributed by atoms with Gasteiger partial charge in [-0.05, 0) is 6.04 Å². The summed E-state index contributed by atoms with van der Waals surface area (Å²) in [6.45, 7) is 13.6. The van der Waals surface area contributed by atoms with Crippen molar-refractivity contribution in [3.63, 3.8) is 0 Å². The molecule has 104 valence electrons. The van der Waals surface area contributed by atoms with Gasteiger partial charge in [0, 0.05) is 33.1 Å². The molecule has 0 amide bonds. The molecule has 4 nitrogen and oxygen atoms in total. The van der Waals surface area contributed by atoms with Crippen LogP contribution in [0.4, 0.5) is 0 Å². The van der Waals surface area contributed by atoms with Crippen molar-refractivity contribution in [1.82, 2.24) is 14.9 Å². The fourth-order valence-electron chi connectivity index (χ4n) is 1.46. The average Bonchev–Trinajstić information content (AvgIpc) is 2.67. The molecule has 0 spiro atoms. The molecule has 0 radical (unpaired) electrons. The molecule has 0 fully saturated rings. The van der Waals surface area contributed by atoms with Crippen LogP contribution >= 0.6 is 0 Å². The molecule has 5 heteroatoms. The van der Waals surface area contributed by atoms with Crippen LogP contribution < -0.4 is 5.32 Å². The molecule has 1 aromatic rings. The first-order chi connectivity index (χ1) is 8.38. The summed E-state index contributed by atoms with van der Waals surface area (Å²) in [6, 6.07) is 1.68. The van der Waals surface area contributed by atoms with Crippen molar-refractivity contribution in [2.45, 2.75) is 58.9 Å². The lowest BCUT2D eigenvalue weighted by Gasteiger charge is -2.16. The Morgan fingerprint density at radius 2 is 2.11 bits per heavy atom. The highest BCUT2D eigenvalue weighted by Crippen LogP contribution is 2.08. The second-order valence-corrected chi connectivity index (χ2v) is 11.8.